The quantitative estimate of drug-likeness (QED) is 0.431. The summed E-state index contributed by atoms with van der Waals surface area (Å²) < 4.78 is 5.97. The number of esters is 1. The molecule has 28 heavy (non-hydrogen) atoms. The van der Waals surface area contributed by atoms with E-state index in [2.05, 4.69) is 101 Å². The third-order valence-corrected chi connectivity index (χ3v) is 11.0. The zero-order chi connectivity index (χ0) is 20.5. The van der Waals surface area contributed by atoms with Gasteiger partial charge in [-0.1, -0.05) is 101 Å². The molecule has 0 saturated carbocycles. The molecule has 0 bridgehead atoms. The number of rotatable bonds is 5. The normalized spacial score (nSPS) is 23.1. The Hall–Kier alpha value is -1.87. The second-order valence-electron chi connectivity index (χ2n) is 10.1. The van der Waals surface area contributed by atoms with Gasteiger partial charge in [-0.15, -0.1) is 0 Å². The first-order valence-electron chi connectivity index (χ1n) is 10.4. The van der Waals surface area contributed by atoms with Gasteiger partial charge in [0, 0.05) is 11.1 Å². The predicted octanol–water partition coefficient (Wildman–Crippen LogP) is 6.43. The predicted molar refractivity (Wildman–Crippen MR) is 119 cm³/mol. The fourth-order valence-electron chi connectivity index (χ4n) is 5.23. The molecule has 0 amide bonds. The molecule has 1 heterocycles. The first-order valence-corrected chi connectivity index (χ1v) is 13.6. The third kappa shape index (κ3) is 4.25. The summed E-state index contributed by atoms with van der Waals surface area (Å²) in [5.41, 5.74) is 3.47. The van der Waals surface area contributed by atoms with Gasteiger partial charge in [0.1, 0.15) is 6.10 Å². The van der Waals surface area contributed by atoms with Crippen LogP contribution in [-0.4, -0.2) is 20.1 Å². The van der Waals surface area contributed by atoms with Crippen LogP contribution in [0, 0.1) is 11.3 Å². The summed E-state index contributed by atoms with van der Waals surface area (Å²) in [5.74, 6) is -0.0522. The van der Waals surface area contributed by atoms with Crippen molar-refractivity contribution < 1.29 is 9.53 Å². The number of hydrogen-bond acceptors (Lipinski definition) is 2. The van der Waals surface area contributed by atoms with E-state index in [1.165, 1.54) is 11.1 Å². The minimum Gasteiger partial charge on any atom is -0.462 e. The van der Waals surface area contributed by atoms with Crippen molar-refractivity contribution in [2.45, 2.75) is 64.4 Å². The smallest absolute Gasteiger partial charge is 0.309 e. The summed E-state index contributed by atoms with van der Waals surface area (Å²) in [4.78, 5) is 12.6. The summed E-state index contributed by atoms with van der Waals surface area (Å²) in [7, 11) is -1.99. The molecule has 3 heteroatoms. The van der Waals surface area contributed by atoms with E-state index in [0.717, 1.165) is 6.42 Å². The molecular weight excluding hydrogens is 360 g/mol. The molecular formula is C25H34O2Si. The lowest BCUT2D eigenvalue weighted by molar-refractivity contribution is -0.144. The van der Waals surface area contributed by atoms with Gasteiger partial charge < -0.3 is 4.74 Å². The minimum absolute atomic E-state index is 0.0130. The van der Waals surface area contributed by atoms with Crippen LogP contribution in [0.1, 0.15) is 50.8 Å². The van der Waals surface area contributed by atoms with E-state index in [4.69, 9.17) is 4.74 Å². The number of benzene rings is 2. The van der Waals surface area contributed by atoms with E-state index >= 15 is 0 Å². The van der Waals surface area contributed by atoms with Crippen molar-refractivity contribution in [3.63, 3.8) is 0 Å². The van der Waals surface area contributed by atoms with Crippen molar-refractivity contribution in [1.82, 2.24) is 0 Å². The standard InChI is InChI=1S/C25H34O2Si/c1-18-22(21(27-24(18)26)17-25(2,3)4)28(5,6)23(19-13-9-7-10-14-19)20-15-11-8-12-16-20/h7-16,18,21-23H,17H2,1-6H3/t18-,21+,22-/m1/s1. The van der Waals surface area contributed by atoms with Gasteiger partial charge >= 0.3 is 5.97 Å². The van der Waals surface area contributed by atoms with Crippen LogP contribution in [0.3, 0.4) is 0 Å². The van der Waals surface area contributed by atoms with Crippen molar-refractivity contribution in [2.75, 3.05) is 0 Å². The molecule has 0 aromatic heterocycles. The van der Waals surface area contributed by atoms with Gasteiger partial charge in [-0.2, -0.15) is 0 Å². The molecule has 1 aliphatic rings. The lowest BCUT2D eigenvalue weighted by atomic mass is 9.87. The van der Waals surface area contributed by atoms with E-state index < -0.39 is 8.07 Å². The Kier molecular flexibility index (Phi) is 5.86. The Balaban J connectivity index is 2.08. The summed E-state index contributed by atoms with van der Waals surface area (Å²) in [6.45, 7) is 13.7. The Morgan fingerprint density at radius 1 is 0.929 bits per heavy atom. The van der Waals surface area contributed by atoms with Gasteiger partial charge in [-0.05, 0) is 23.0 Å². The summed E-state index contributed by atoms with van der Waals surface area (Å²) in [5, 5.41) is 0. The third-order valence-electron chi connectivity index (χ3n) is 6.26. The highest BCUT2D eigenvalue weighted by atomic mass is 28.3. The van der Waals surface area contributed by atoms with E-state index in [1.807, 2.05) is 0 Å². The molecule has 0 unspecified atom stereocenters. The molecule has 1 aliphatic heterocycles. The second kappa shape index (κ2) is 7.86. The number of hydrogen-bond donors (Lipinski definition) is 0. The van der Waals surface area contributed by atoms with Crippen LogP contribution in [0.25, 0.3) is 0 Å². The summed E-state index contributed by atoms with van der Waals surface area (Å²) in [6.07, 6.45) is 0.930. The van der Waals surface area contributed by atoms with Crippen molar-refractivity contribution in [2.24, 2.45) is 11.3 Å². The van der Waals surface area contributed by atoms with Crippen LogP contribution >= 0.6 is 0 Å². The monoisotopic (exact) mass is 394 g/mol. The average molecular weight is 395 g/mol. The van der Waals surface area contributed by atoms with Gasteiger partial charge in [0.25, 0.3) is 0 Å². The molecule has 0 radical (unpaired) electrons. The molecule has 3 atom stereocenters. The maximum Gasteiger partial charge on any atom is 0.309 e. The maximum atomic E-state index is 12.6. The van der Waals surface area contributed by atoms with Crippen molar-refractivity contribution >= 4 is 14.0 Å². The summed E-state index contributed by atoms with van der Waals surface area (Å²) in [6, 6.07) is 21.6. The second-order valence-corrected chi connectivity index (χ2v) is 15.0. The molecule has 1 saturated heterocycles. The Labute approximate surface area is 171 Å². The Morgan fingerprint density at radius 2 is 1.39 bits per heavy atom. The average Bonchev–Trinajstić information content (AvgIpc) is 2.89. The van der Waals surface area contributed by atoms with Gasteiger partial charge in [0.15, 0.2) is 0 Å². The molecule has 2 aromatic carbocycles. The Bertz CT molecular complexity index is 753. The zero-order valence-corrected chi connectivity index (χ0v) is 19.1. The van der Waals surface area contributed by atoms with Crippen molar-refractivity contribution in [3.8, 4) is 0 Å². The molecule has 0 spiro atoms. The molecule has 2 aromatic rings. The van der Waals surface area contributed by atoms with E-state index in [9.17, 15) is 4.79 Å². The van der Waals surface area contributed by atoms with Crippen molar-refractivity contribution in [3.05, 3.63) is 71.8 Å². The lowest BCUT2D eigenvalue weighted by Gasteiger charge is -2.42. The maximum absolute atomic E-state index is 12.6. The van der Waals surface area contributed by atoms with Crippen LogP contribution in [0.5, 0.6) is 0 Å². The highest BCUT2D eigenvalue weighted by molar-refractivity contribution is 6.81. The largest absolute Gasteiger partial charge is 0.462 e. The number of carbonyl (C=O) groups is 1. The fraction of sp³-hybridized carbons (Fsp3) is 0.480. The molecule has 2 nitrogen and oxygen atoms in total. The van der Waals surface area contributed by atoms with Gasteiger partial charge in [0.05, 0.1) is 14.0 Å². The molecule has 0 N–H and O–H groups in total. The molecule has 1 fully saturated rings. The minimum atomic E-state index is -1.99. The molecule has 3 rings (SSSR count). The fourth-order valence-corrected chi connectivity index (χ4v) is 10.3. The number of carbonyl (C=O) groups excluding carboxylic acids is 1. The highest BCUT2D eigenvalue weighted by Gasteiger charge is 2.54. The van der Waals surface area contributed by atoms with E-state index in [0.29, 0.717) is 11.1 Å². The van der Waals surface area contributed by atoms with E-state index in [1.54, 1.807) is 0 Å². The first kappa shape index (κ1) is 20.9. The zero-order valence-electron chi connectivity index (χ0n) is 18.1. The van der Waals surface area contributed by atoms with Gasteiger partial charge in [-0.3, -0.25) is 4.79 Å². The van der Waals surface area contributed by atoms with E-state index in [-0.39, 0.29) is 23.4 Å². The lowest BCUT2D eigenvalue weighted by Crippen LogP contribution is -2.46. The SMILES string of the molecule is C[C@H]1C(=O)O[C@@H](CC(C)(C)C)[C@@H]1[Si](C)(C)C(c1ccccc1)c1ccccc1. The molecule has 150 valence electrons. The highest BCUT2D eigenvalue weighted by Crippen LogP contribution is 2.51. The van der Waals surface area contributed by atoms with Crippen LogP contribution in [-0.2, 0) is 9.53 Å². The van der Waals surface area contributed by atoms with Gasteiger partial charge in [0.2, 0.25) is 0 Å². The topological polar surface area (TPSA) is 26.3 Å². The van der Waals surface area contributed by atoms with Crippen molar-refractivity contribution in [1.29, 1.82) is 0 Å². The number of cyclic esters (lactones) is 1. The first-order chi connectivity index (χ1) is 13.1. The van der Waals surface area contributed by atoms with Gasteiger partial charge in [-0.25, -0.2) is 0 Å². The van der Waals surface area contributed by atoms with Crippen LogP contribution in [0.4, 0.5) is 0 Å². The summed E-state index contributed by atoms with van der Waals surface area (Å²) >= 11 is 0. The van der Waals surface area contributed by atoms with Crippen LogP contribution < -0.4 is 0 Å². The van der Waals surface area contributed by atoms with Crippen LogP contribution in [0.15, 0.2) is 60.7 Å². The Morgan fingerprint density at radius 3 is 1.82 bits per heavy atom. The number of ether oxygens (including phenoxy) is 1. The molecule has 0 aliphatic carbocycles. The van der Waals surface area contributed by atoms with Crippen LogP contribution in [0.2, 0.25) is 18.6 Å².